The van der Waals surface area contributed by atoms with Gasteiger partial charge in [-0.05, 0) is 81.0 Å². The number of aryl methyl sites for hydroxylation is 1. The number of fused-ring (bicyclic) bond motifs is 1. The summed E-state index contributed by atoms with van der Waals surface area (Å²) in [5.41, 5.74) is 2.69. The van der Waals surface area contributed by atoms with Crippen LogP contribution in [0.3, 0.4) is 0 Å². The minimum Gasteiger partial charge on any atom is -0.322 e. The molecule has 1 aliphatic rings. The van der Waals surface area contributed by atoms with E-state index in [9.17, 15) is 4.79 Å². The van der Waals surface area contributed by atoms with Gasteiger partial charge in [0.1, 0.15) is 0 Å². The van der Waals surface area contributed by atoms with E-state index in [1.165, 1.54) is 24.8 Å². The lowest BCUT2D eigenvalue weighted by molar-refractivity contribution is 0.0779. The minimum atomic E-state index is -0.207. The Morgan fingerprint density at radius 1 is 1.18 bits per heavy atom. The Kier molecular flexibility index (Phi) is 6.98. The smallest absolute Gasteiger partial charge is 0.252 e. The second-order valence-electron chi connectivity index (χ2n) is 10.6. The topological polar surface area (TPSA) is 79.7 Å². The maximum Gasteiger partial charge on any atom is 0.252 e. The lowest BCUT2D eigenvalue weighted by atomic mass is 9.91. The fourth-order valence-electron chi connectivity index (χ4n) is 5.19. The second-order valence-corrected chi connectivity index (χ2v) is 10.6. The van der Waals surface area contributed by atoms with Crippen LogP contribution in [0.25, 0.3) is 10.9 Å². The Morgan fingerprint density at radius 3 is 2.64 bits per heavy atom. The van der Waals surface area contributed by atoms with Gasteiger partial charge >= 0.3 is 0 Å². The zero-order chi connectivity index (χ0) is 23.6. The van der Waals surface area contributed by atoms with Crippen molar-refractivity contribution in [3.8, 4) is 0 Å². The number of hydrogen-bond donors (Lipinski definition) is 1. The van der Waals surface area contributed by atoms with Crippen LogP contribution in [-0.2, 0) is 12.1 Å². The molecule has 4 rings (SSSR count). The molecule has 1 aliphatic carbocycles. The van der Waals surface area contributed by atoms with Gasteiger partial charge in [-0.15, -0.1) is 5.10 Å². The van der Waals surface area contributed by atoms with Crippen LogP contribution >= 0.6 is 0 Å². The molecule has 7 heteroatoms. The Hall–Kier alpha value is -2.54. The van der Waals surface area contributed by atoms with E-state index in [1.54, 1.807) is 0 Å². The Labute approximate surface area is 196 Å². The quantitative estimate of drug-likeness (QED) is 0.531. The molecule has 1 aromatic carbocycles. The number of aromatic nitrogens is 5. The Bertz CT molecular complexity index is 1140. The molecular formula is C26H38N6O. The molecule has 7 nitrogen and oxygen atoms in total. The molecule has 0 aliphatic heterocycles. The van der Waals surface area contributed by atoms with E-state index in [1.807, 2.05) is 16.8 Å². The molecule has 0 spiro atoms. The van der Waals surface area contributed by atoms with Crippen molar-refractivity contribution in [2.24, 2.45) is 0 Å². The van der Waals surface area contributed by atoms with Crippen molar-refractivity contribution in [2.75, 3.05) is 0 Å². The monoisotopic (exact) mass is 450 g/mol. The number of benzene rings is 1. The average Bonchev–Trinajstić information content (AvgIpc) is 3.28. The van der Waals surface area contributed by atoms with E-state index in [2.05, 4.69) is 72.2 Å². The fourth-order valence-corrected chi connectivity index (χ4v) is 5.19. The third-order valence-electron chi connectivity index (χ3n) is 6.86. The highest BCUT2D eigenvalue weighted by Gasteiger charge is 2.34. The summed E-state index contributed by atoms with van der Waals surface area (Å²) < 4.78 is 1.97. The van der Waals surface area contributed by atoms with E-state index < -0.39 is 0 Å². The average molecular weight is 451 g/mol. The maximum absolute atomic E-state index is 13.1. The number of H-pyrrole nitrogens is 1. The zero-order valence-electron chi connectivity index (χ0n) is 20.8. The molecule has 1 fully saturated rings. The van der Waals surface area contributed by atoms with Crippen molar-refractivity contribution in [3.63, 3.8) is 0 Å². The molecular weight excluding hydrogens is 412 g/mol. The van der Waals surface area contributed by atoms with E-state index in [-0.39, 0.29) is 17.1 Å². The first-order valence-electron chi connectivity index (χ1n) is 12.4. The Balaban J connectivity index is 1.78. The van der Waals surface area contributed by atoms with E-state index in [0.717, 1.165) is 48.0 Å². The number of aromatic amines is 1. The number of hydrogen-bond acceptors (Lipinski definition) is 5. The van der Waals surface area contributed by atoms with Gasteiger partial charge in [-0.25, -0.2) is 4.68 Å². The van der Waals surface area contributed by atoms with Crippen molar-refractivity contribution in [1.82, 2.24) is 30.1 Å². The first-order chi connectivity index (χ1) is 15.8. The highest BCUT2D eigenvalue weighted by Crippen LogP contribution is 2.34. The highest BCUT2D eigenvalue weighted by atomic mass is 16.1. The van der Waals surface area contributed by atoms with Crippen LogP contribution in [0.5, 0.6) is 0 Å². The van der Waals surface area contributed by atoms with Crippen molar-refractivity contribution in [1.29, 1.82) is 0 Å². The molecule has 1 N–H and O–H groups in total. The maximum atomic E-state index is 13.1. The first kappa shape index (κ1) is 23.6. The Morgan fingerprint density at radius 2 is 1.94 bits per heavy atom. The molecule has 0 radical (unpaired) electrons. The molecule has 0 amide bonds. The summed E-state index contributed by atoms with van der Waals surface area (Å²) >= 11 is 0. The summed E-state index contributed by atoms with van der Waals surface area (Å²) in [5, 5.41) is 14.0. The summed E-state index contributed by atoms with van der Waals surface area (Å²) in [4.78, 5) is 18.7. The second kappa shape index (κ2) is 9.75. The number of tetrazole rings is 1. The fraction of sp³-hybridized carbons (Fsp3) is 0.615. The third kappa shape index (κ3) is 5.18. The molecule has 0 saturated heterocycles. The van der Waals surface area contributed by atoms with Crippen LogP contribution in [0, 0.1) is 6.92 Å². The van der Waals surface area contributed by atoms with Gasteiger partial charge in [-0.2, -0.15) is 0 Å². The SMILES string of the molecule is CCC[C@H](c1nnnn1C(C)(C)C)N(Cc1cc2cc(C)ccc2[nH]c1=O)C1CCCCC1. The molecule has 33 heavy (non-hydrogen) atoms. The van der Waals surface area contributed by atoms with E-state index in [4.69, 9.17) is 0 Å². The summed E-state index contributed by atoms with van der Waals surface area (Å²) in [6.45, 7) is 11.3. The van der Waals surface area contributed by atoms with Gasteiger partial charge in [-0.3, -0.25) is 9.69 Å². The predicted octanol–water partition coefficient (Wildman–Crippen LogP) is 5.25. The number of pyridine rings is 1. The number of nitrogens with one attached hydrogen (secondary N) is 1. The van der Waals surface area contributed by atoms with Gasteiger partial charge in [0.25, 0.3) is 5.56 Å². The molecule has 1 atom stereocenters. The van der Waals surface area contributed by atoms with Gasteiger partial charge in [0.15, 0.2) is 5.82 Å². The summed E-state index contributed by atoms with van der Waals surface area (Å²) in [7, 11) is 0. The van der Waals surface area contributed by atoms with Crippen LogP contribution in [-0.4, -0.2) is 36.1 Å². The molecule has 1 saturated carbocycles. The van der Waals surface area contributed by atoms with Crippen molar-refractivity contribution < 1.29 is 0 Å². The van der Waals surface area contributed by atoms with E-state index in [0.29, 0.717) is 12.6 Å². The van der Waals surface area contributed by atoms with Gasteiger partial charge in [0.05, 0.1) is 11.6 Å². The summed E-state index contributed by atoms with van der Waals surface area (Å²) in [6.07, 6.45) is 8.05. The zero-order valence-corrected chi connectivity index (χ0v) is 20.8. The number of nitrogens with zero attached hydrogens (tertiary/aromatic N) is 5. The van der Waals surface area contributed by atoms with Crippen molar-refractivity contribution in [2.45, 2.75) is 104 Å². The minimum absolute atomic E-state index is 0.00201. The van der Waals surface area contributed by atoms with E-state index >= 15 is 0 Å². The van der Waals surface area contributed by atoms with Crippen LogP contribution < -0.4 is 5.56 Å². The summed E-state index contributed by atoms with van der Waals surface area (Å²) in [5.74, 6) is 0.906. The molecule has 0 bridgehead atoms. The van der Waals surface area contributed by atoms with Crippen LogP contribution in [0.15, 0.2) is 29.1 Å². The number of rotatable bonds is 7. The van der Waals surface area contributed by atoms with Crippen LogP contribution in [0.4, 0.5) is 0 Å². The van der Waals surface area contributed by atoms with Crippen LogP contribution in [0.1, 0.15) is 95.6 Å². The first-order valence-corrected chi connectivity index (χ1v) is 12.4. The van der Waals surface area contributed by atoms with Crippen molar-refractivity contribution >= 4 is 10.9 Å². The predicted molar refractivity (Wildman–Crippen MR) is 132 cm³/mol. The highest BCUT2D eigenvalue weighted by molar-refractivity contribution is 5.79. The standard InChI is InChI=1S/C26H38N6O/c1-6-10-23(24-28-29-30-32(24)26(3,4)5)31(21-11-8-7-9-12-21)17-20-16-19-15-18(2)13-14-22(19)27-25(20)33/h13-16,21,23H,6-12,17H2,1-5H3,(H,27,33)/t23-/m1/s1. The summed E-state index contributed by atoms with van der Waals surface area (Å²) in [6, 6.07) is 8.74. The lowest BCUT2D eigenvalue weighted by Crippen LogP contribution is -2.42. The third-order valence-corrected chi connectivity index (χ3v) is 6.86. The molecule has 0 unspecified atom stereocenters. The molecule has 3 aromatic rings. The largest absolute Gasteiger partial charge is 0.322 e. The van der Waals surface area contributed by atoms with Gasteiger partial charge in [0, 0.05) is 23.7 Å². The van der Waals surface area contributed by atoms with Crippen molar-refractivity contribution in [3.05, 3.63) is 51.6 Å². The van der Waals surface area contributed by atoms with Gasteiger partial charge in [-0.1, -0.05) is 44.2 Å². The lowest BCUT2D eigenvalue weighted by Gasteiger charge is -2.40. The van der Waals surface area contributed by atoms with Gasteiger partial charge < -0.3 is 4.98 Å². The van der Waals surface area contributed by atoms with Gasteiger partial charge in [0.2, 0.25) is 0 Å². The van der Waals surface area contributed by atoms with Crippen LogP contribution in [0.2, 0.25) is 0 Å². The molecule has 178 valence electrons. The normalized spacial score (nSPS) is 16.5. The molecule has 2 heterocycles. The molecule has 2 aromatic heterocycles.